The van der Waals surface area contributed by atoms with E-state index in [0.717, 1.165) is 5.56 Å². The van der Waals surface area contributed by atoms with Gasteiger partial charge in [0.1, 0.15) is 0 Å². The predicted molar refractivity (Wildman–Crippen MR) is 76.6 cm³/mol. The number of carbonyl (C=O) groups excluding carboxylic acids is 2. The fourth-order valence-electron chi connectivity index (χ4n) is 1.81. The van der Waals surface area contributed by atoms with E-state index in [1.165, 1.54) is 21.3 Å². The van der Waals surface area contributed by atoms with E-state index in [1.54, 1.807) is 12.1 Å². The maximum Gasteiger partial charge on any atom is 0.236 e. The minimum atomic E-state index is -0.573. The molecule has 0 unspecified atom stereocenters. The van der Waals surface area contributed by atoms with E-state index in [0.29, 0.717) is 23.7 Å². The minimum absolute atomic E-state index is 0.159. The fourth-order valence-corrected chi connectivity index (χ4v) is 1.81. The summed E-state index contributed by atoms with van der Waals surface area (Å²) < 4.78 is 15.7. The van der Waals surface area contributed by atoms with Crippen LogP contribution in [-0.4, -0.2) is 39.7 Å². The van der Waals surface area contributed by atoms with E-state index in [4.69, 9.17) is 19.9 Å². The summed E-state index contributed by atoms with van der Waals surface area (Å²) >= 11 is 0. The second kappa shape index (κ2) is 7.98. The van der Waals surface area contributed by atoms with Crippen molar-refractivity contribution in [3.63, 3.8) is 0 Å². The second-order valence-electron chi connectivity index (χ2n) is 4.28. The van der Waals surface area contributed by atoms with Crippen molar-refractivity contribution in [2.45, 2.75) is 12.8 Å². The van der Waals surface area contributed by atoms with Crippen molar-refractivity contribution < 1.29 is 23.8 Å². The number of aryl methyl sites for hydroxylation is 1. The van der Waals surface area contributed by atoms with Gasteiger partial charge in [-0.3, -0.25) is 9.59 Å². The number of nitrogens with one attached hydrogen (secondary N) is 1. The van der Waals surface area contributed by atoms with Crippen LogP contribution in [0.4, 0.5) is 0 Å². The molecule has 21 heavy (non-hydrogen) atoms. The molecule has 0 atom stereocenters. The number of methoxy groups -OCH3 is 3. The van der Waals surface area contributed by atoms with Gasteiger partial charge >= 0.3 is 0 Å². The Morgan fingerprint density at radius 2 is 1.67 bits per heavy atom. The van der Waals surface area contributed by atoms with E-state index < -0.39 is 5.91 Å². The summed E-state index contributed by atoms with van der Waals surface area (Å²) in [5.41, 5.74) is 5.82. The maximum atomic E-state index is 11.5. The van der Waals surface area contributed by atoms with Crippen LogP contribution in [0.2, 0.25) is 0 Å². The maximum absolute atomic E-state index is 11.5. The van der Waals surface area contributed by atoms with Gasteiger partial charge in [0, 0.05) is 6.42 Å². The van der Waals surface area contributed by atoms with Crippen LogP contribution in [0.3, 0.4) is 0 Å². The molecule has 116 valence electrons. The highest BCUT2D eigenvalue weighted by atomic mass is 16.5. The lowest BCUT2D eigenvalue weighted by atomic mass is 10.1. The van der Waals surface area contributed by atoms with Gasteiger partial charge in [-0.05, 0) is 24.1 Å². The number of rotatable bonds is 8. The number of ether oxygens (including phenoxy) is 3. The number of amides is 2. The molecule has 0 saturated carbocycles. The normalized spacial score (nSPS) is 9.86. The van der Waals surface area contributed by atoms with Gasteiger partial charge in [-0.15, -0.1) is 0 Å². The first kappa shape index (κ1) is 16.6. The van der Waals surface area contributed by atoms with E-state index in [1.807, 2.05) is 0 Å². The Balaban J connectivity index is 2.75. The SMILES string of the molecule is COc1cc(CCC(=O)NCC(N)=O)cc(OC)c1OC. The van der Waals surface area contributed by atoms with Crippen molar-refractivity contribution in [1.82, 2.24) is 5.32 Å². The molecule has 0 aliphatic heterocycles. The van der Waals surface area contributed by atoms with Gasteiger partial charge in [0.25, 0.3) is 0 Å². The summed E-state index contributed by atoms with van der Waals surface area (Å²) in [4.78, 5) is 22.1. The summed E-state index contributed by atoms with van der Waals surface area (Å²) in [6.45, 7) is -0.159. The molecule has 3 N–H and O–H groups in total. The molecule has 1 aromatic rings. The lowest BCUT2D eigenvalue weighted by Crippen LogP contribution is -2.33. The highest BCUT2D eigenvalue weighted by Gasteiger charge is 2.13. The molecule has 2 amide bonds. The van der Waals surface area contributed by atoms with Crippen molar-refractivity contribution in [2.24, 2.45) is 5.73 Å². The molecule has 0 bridgehead atoms. The minimum Gasteiger partial charge on any atom is -0.493 e. The molecule has 1 aromatic carbocycles. The standard InChI is InChI=1S/C14H20N2O5/c1-19-10-6-9(7-11(20-2)14(10)21-3)4-5-13(18)16-8-12(15)17/h6-7H,4-5,8H2,1-3H3,(H2,15,17)(H,16,18). The van der Waals surface area contributed by atoms with E-state index in [9.17, 15) is 9.59 Å². The van der Waals surface area contributed by atoms with Gasteiger partial charge in [-0.1, -0.05) is 0 Å². The zero-order chi connectivity index (χ0) is 15.8. The zero-order valence-electron chi connectivity index (χ0n) is 12.4. The Kier molecular flexibility index (Phi) is 6.32. The third-order valence-electron chi connectivity index (χ3n) is 2.83. The lowest BCUT2D eigenvalue weighted by Gasteiger charge is -2.14. The Hall–Kier alpha value is -2.44. The van der Waals surface area contributed by atoms with Gasteiger partial charge in [0.2, 0.25) is 17.6 Å². The molecule has 0 spiro atoms. The van der Waals surface area contributed by atoms with Crippen LogP contribution in [0.5, 0.6) is 17.2 Å². The number of primary amides is 1. The van der Waals surface area contributed by atoms with Crippen molar-refractivity contribution in [2.75, 3.05) is 27.9 Å². The summed E-state index contributed by atoms with van der Waals surface area (Å²) in [6.07, 6.45) is 0.702. The molecule has 0 radical (unpaired) electrons. The monoisotopic (exact) mass is 296 g/mol. The first-order valence-corrected chi connectivity index (χ1v) is 6.35. The first-order chi connectivity index (χ1) is 10.0. The Morgan fingerprint density at radius 3 is 2.10 bits per heavy atom. The fraction of sp³-hybridized carbons (Fsp3) is 0.429. The molecular weight excluding hydrogens is 276 g/mol. The molecule has 0 aromatic heterocycles. The summed E-state index contributed by atoms with van der Waals surface area (Å²) in [7, 11) is 4.58. The average Bonchev–Trinajstić information content (AvgIpc) is 2.49. The second-order valence-corrected chi connectivity index (χ2v) is 4.28. The third-order valence-corrected chi connectivity index (χ3v) is 2.83. The van der Waals surface area contributed by atoms with Gasteiger partial charge in [0.05, 0.1) is 27.9 Å². The average molecular weight is 296 g/mol. The van der Waals surface area contributed by atoms with Gasteiger partial charge in [0.15, 0.2) is 11.5 Å². The van der Waals surface area contributed by atoms with Crippen molar-refractivity contribution in [1.29, 1.82) is 0 Å². The first-order valence-electron chi connectivity index (χ1n) is 6.35. The van der Waals surface area contributed by atoms with Crippen LogP contribution >= 0.6 is 0 Å². The highest BCUT2D eigenvalue weighted by Crippen LogP contribution is 2.38. The predicted octanol–water partition coefficient (Wildman–Crippen LogP) is 0.247. The molecule has 0 aliphatic rings. The highest BCUT2D eigenvalue weighted by molar-refractivity contribution is 5.83. The number of hydrogen-bond acceptors (Lipinski definition) is 5. The third kappa shape index (κ3) is 4.87. The largest absolute Gasteiger partial charge is 0.493 e. The van der Waals surface area contributed by atoms with E-state index in [-0.39, 0.29) is 18.9 Å². The van der Waals surface area contributed by atoms with Gasteiger partial charge in [-0.25, -0.2) is 0 Å². The van der Waals surface area contributed by atoms with E-state index >= 15 is 0 Å². The van der Waals surface area contributed by atoms with Crippen LogP contribution < -0.4 is 25.3 Å². The molecule has 7 nitrogen and oxygen atoms in total. The smallest absolute Gasteiger partial charge is 0.236 e. The van der Waals surface area contributed by atoms with Gasteiger partial charge < -0.3 is 25.3 Å². The number of carbonyl (C=O) groups is 2. The topological polar surface area (TPSA) is 99.9 Å². The van der Waals surface area contributed by atoms with Crippen LogP contribution in [-0.2, 0) is 16.0 Å². The molecule has 7 heteroatoms. The molecule has 0 fully saturated rings. The van der Waals surface area contributed by atoms with Gasteiger partial charge in [-0.2, -0.15) is 0 Å². The Bertz CT molecular complexity index is 491. The van der Waals surface area contributed by atoms with Crippen LogP contribution in [0.1, 0.15) is 12.0 Å². The Labute approximate surface area is 123 Å². The molecule has 0 aliphatic carbocycles. The summed E-state index contributed by atoms with van der Waals surface area (Å²) in [5, 5.41) is 2.43. The van der Waals surface area contributed by atoms with Crippen molar-refractivity contribution in [3.8, 4) is 17.2 Å². The zero-order valence-corrected chi connectivity index (χ0v) is 12.4. The van der Waals surface area contributed by atoms with Crippen LogP contribution in [0.15, 0.2) is 12.1 Å². The van der Waals surface area contributed by atoms with Crippen LogP contribution in [0, 0.1) is 0 Å². The molecular formula is C14H20N2O5. The lowest BCUT2D eigenvalue weighted by molar-refractivity contribution is -0.124. The molecule has 0 heterocycles. The number of hydrogen-bond donors (Lipinski definition) is 2. The summed E-state index contributed by atoms with van der Waals surface area (Å²) in [6, 6.07) is 3.56. The van der Waals surface area contributed by atoms with Crippen LogP contribution in [0.25, 0.3) is 0 Å². The van der Waals surface area contributed by atoms with Crippen molar-refractivity contribution >= 4 is 11.8 Å². The van der Waals surface area contributed by atoms with E-state index in [2.05, 4.69) is 5.32 Å². The Morgan fingerprint density at radius 1 is 1.10 bits per heavy atom. The number of nitrogens with two attached hydrogens (primary N) is 1. The molecule has 0 saturated heterocycles. The molecule has 1 rings (SSSR count). The van der Waals surface area contributed by atoms with Crippen molar-refractivity contribution in [3.05, 3.63) is 17.7 Å². The number of benzene rings is 1. The quantitative estimate of drug-likeness (QED) is 0.716. The summed E-state index contributed by atoms with van der Waals surface area (Å²) in [5.74, 6) is 0.745.